The molecule has 0 saturated carbocycles. The third kappa shape index (κ3) is 43.5. The highest BCUT2D eigenvalue weighted by molar-refractivity contribution is 5.71. The fraction of sp³-hybridized carbons (Fsp3) is 0.940. The molecule has 0 rings (SSSR count). The summed E-state index contributed by atoms with van der Waals surface area (Å²) in [6.45, 7) is 8.97. The van der Waals surface area contributed by atoms with Crippen LogP contribution < -0.4 is 0 Å². The van der Waals surface area contributed by atoms with Gasteiger partial charge in [0.2, 0.25) is 0 Å². The van der Waals surface area contributed by atoms with E-state index >= 15 is 0 Å². The Bertz CT molecular complexity index is 841. The van der Waals surface area contributed by atoms with E-state index in [-0.39, 0.29) is 31.1 Å². The number of rotatable bonds is 45. The molecule has 0 saturated heterocycles. The Morgan fingerprint density at radius 3 is 0.875 bits per heavy atom. The Kier molecular flexibility index (Phi) is 43.2. The first-order valence-electron chi connectivity index (χ1n) is 24.9. The minimum absolute atomic E-state index is 0.0635. The molecular formula is C50H96O6. The predicted octanol–water partition coefficient (Wildman–Crippen LogP) is 15.9. The van der Waals surface area contributed by atoms with Gasteiger partial charge in [0, 0.05) is 19.3 Å². The molecule has 0 N–H and O–H groups in total. The lowest BCUT2D eigenvalue weighted by Gasteiger charge is -2.18. The van der Waals surface area contributed by atoms with Gasteiger partial charge in [-0.3, -0.25) is 14.4 Å². The van der Waals surface area contributed by atoms with Gasteiger partial charge < -0.3 is 14.2 Å². The van der Waals surface area contributed by atoms with Crippen molar-refractivity contribution in [3.8, 4) is 0 Å². The number of hydrogen-bond acceptors (Lipinski definition) is 6. The van der Waals surface area contributed by atoms with Gasteiger partial charge in [0.15, 0.2) is 6.10 Å². The maximum absolute atomic E-state index is 12.7. The quantitative estimate of drug-likeness (QED) is 0.0347. The van der Waals surface area contributed by atoms with Gasteiger partial charge in [-0.15, -0.1) is 0 Å². The molecule has 0 aromatic heterocycles. The van der Waals surface area contributed by atoms with Gasteiger partial charge in [-0.25, -0.2) is 0 Å². The molecule has 0 aliphatic rings. The van der Waals surface area contributed by atoms with Crippen molar-refractivity contribution < 1.29 is 28.6 Å². The molecular weight excluding hydrogens is 697 g/mol. The number of esters is 3. The fourth-order valence-corrected chi connectivity index (χ4v) is 7.51. The van der Waals surface area contributed by atoms with Crippen LogP contribution in [-0.4, -0.2) is 37.2 Å². The minimum atomic E-state index is -0.760. The number of carbonyl (C=O) groups is 3. The number of carbonyl (C=O) groups excluding carboxylic acids is 3. The molecule has 0 fully saturated rings. The third-order valence-corrected chi connectivity index (χ3v) is 11.3. The van der Waals surface area contributed by atoms with Crippen LogP contribution in [0.5, 0.6) is 0 Å². The van der Waals surface area contributed by atoms with Crippen LogP contribution in [0.4, 0.5) is 0 Å². The van der Waals surface area contributed by atoms with Crippen molar-refractivity contribution in [2.75, 3.05) is 13.2 Å². The lowest BCUT2D eigenvalue weighted by Crippen LogP contribution is -2.30. The highest BCUT2D eigenvalue weighted by Crippen LogP contribution is 2.17. The maximum Gasteiger partial charge on any atom is 0.306 e. The summed E-state index contributed by atoms with van der Waals surface area (Å²) in [4.78, 5) is 37.8. The summed E-state index contributed by atoms with van der Waals surface area (Å²) in [6.07, 6.45) is 45.2. The molecule has 0 aliphatic carbocycles. The van der Waals surface area contributed by atoms with Gasteiger partial charge in [-0.1, -0.05) is 240 Å². The third-order valence-electron chi connectivity index (χ3n) is 11.3. The van der Waals surface area contributed by atoms with Crippen molar-refractivity contribution in [1.29, 1.82) is 0 Å². The van der Waals surface area contributed by atoms with Crippen LogP contribution in [0.15, 0.2) is 0 Å². The monoisotopic (exact) mass is 793 g/mol. The molecule has 0 unspecified atom stereocenters. The number of hydrogen-bond donors (Lipinski definition) is 0. The van der Waals surface area contributed by atoms with Crippen molar-refractivity contribution in [1.82, 2.24) is 0 Å². The summed E-state index contributed by atoms with van der Waals surface area (Å²) in [5, 5.41) is 0. The molecule has 0 bridgehead atoms. The van der Waals surface area contributed by atoms with E-state index in [9.17, 15) is 14.4 Å². The van der Waals surface area contributed by atoms with Crippen LogP contribution in [0.2, 0.25) is 0 Å². The molecule has 0 aliphatic heterocycles. The summed E-state index contributed by atoms with van der Waals surface area (Å²) in [7, 11) is 0. The summed E-state index contributed by atoms with van der Waals surface area (Å²) < 4.78 is 16.8. The van der Waals surface area contributed by atoms with Crippen molar-refractivity contribution >= 4 is 17.9 Å². The molecule has 6 nitrogen and oxygen atoms in total. The predicted molar refractivity (Wildman–Crippen MR) is 238 cm³/mol. The molecule has 0 aromatic rings. The largest absolute Gasteiger partial charge is 0.462 e. The Morgan fingerprint density at radius 2 is 0.589 bits per heavy atom. The zero-order chi connectivity index (χ0) is 41.0. The second-order valence-electron chi connectivity index (χ2n) is 17.6. The van der Waals surface area contributed by atoms with E-state index in [1.807, 2.05) is 0 Å². The van der Waals surface area contributed by atoms with E-state index < -0.39 is 6.10 Å². The second-order valence-corrected chi connectivity index (χ2v) is 17.6. The van der Waals surface area contributed by atoms with Gasteiger partial charge in [-0.2, -0.15) is 0 Å². The van der Waals surface area contributed by atoms with E-state index in [1.165, 1.54) is 173 Å². The van der Waals surface area contributed by atoms with E-state index in [0.29, 0.717) is 19.3 Å². The molecule has 0 heterocycles. The normalized spacial score (nSPS) is 11.9. The fourth-order valence-electron chi connectivity index (χ4n) is 7.51. The van der Waals surface area contributed by atoms with Crippen LogP contribution in [0.1, 0.15) is 278 Å². The Balaban J connectivity index is 4.29. The van der Waals surface area contributed by atoms with E-state index in [1.54, 1.807) is 0 Å². The molecule has 6 heteroatoms. The van der Waals surface area contributed by atoms with Crippen molar-refractivity contribution in [2.24, 2.45) is 5.92 Å². The molecule has 0 radical (unpaired) electrons. The number of unbranched alkanes of at least 4 members (excludes halogenated alkanes) is 32. The van der Waals surface area contributed by atoms with Crippen molar-refractivity contribution in [2.45, 2.75) is 284 Å². The van der Waals surface area contributed by atoms with Crippen LogP contribution in [0.3, 0.4) is 0 Å². The topological polar surface area (TPSA) is 78.9 Å². The smallest absolute Gasteiger partial charge is 0.306 e. The van der Waals surface area contributed by atoms with Crippen LogP contribution in [-0.2, 0) is 28.6 Å². The van der Waals surface area contributed by atoms with E-state index in [4.69, 9.17) is 14.2 Å². The second kappa shape index (κ2) is 44.5. The number of ether oxygens (including phenoxy) is 3. The SMILES string of the molecule is CCCCCCCCCCCCCCCCCC(=O)OC[C@H](COC(=O)CCCCCCCCCC(C)C)OC(=O)CCCCCCCCCCCCCCC. The summed E-state index contributed by atoms with van der Waals surface area (Å²) in [5.74, 6) is -0.0683. The van der Waals surface area contributed by atoms with Crippen LogP contribution >= 0.6 is 0 Å². The minimum Gasteiger partial charge on any atom is -0.462 e. The molecule has 332 valence electrons. The molecule has 0 aromatic carbocycles. The van der Waals surface area contributed by atoms with E-state index in [2.05, 4.69) is 27.7 Å². The average Bonchev–Trinajstić information content (AvgIpc) is 3.18. The molecule has 0 spiro atoms. The standard InChI is InChI=1S/C50H96O6/c1-5-7-9-11-13-15-17-19-20-22-23-25-29-33-37-41-48(51)54-44-47(45-55-49(52)42-38-34-31-27-28-32-36-40-46(3)4)56-50(53)43-39-35-30-26-24-21-18-16-14-12-10-8-6-2/h46-47H,5-45H2,1-4H3/t47-/m1/s1. The zero-order valence-corrected chi connectivity index (χ0v) is 38.1. The first-order chi connectivity index (χ1) is 27.4. The Morgan fingerprint density at radius 1 is 0.339 bits per heavy atom. The first-order valence-corrected chi connectivity index (χ1v) is 24.9. The average molecular weight is 793 g/mol. The zero-order valence-electron chi connectivity index (χ0n) is 38.1. The summed E-state index contributed by atoms with van der Waals surface area (Å²) >= 11 is 0. The van der Waals surface area contributed by atoms with Crippen LogP contribution in [0.25, 0.3) is 0 Å². The highest BCUT2D eigenvalue weighted by Gasteiger charge is 2.19. The Hall–Kier alpha value is -1.59. The van der Waals surface area contributed by atoms with Gasteiger partial charge in [-0.05, 0) is 25.2 Å². The van der Waals surface area contributed by atoms with Gasteiger partial charge in [0.25, 0.3) is 0 Å². The highest BCUT2D eigenvalue weighted by atomic mass is 16.6. The lowest BCUT2D eigenvalue weighted by atomic mass is 10.0. The molecule has 1 atom stereocenters. The van der Waals surface area contributed by atoms with Gasteiger partial charge in [0.1, 0.15) is 13.2 Å². The van der Waals surface area contributed by atoms with Crippen molar-refractivity contribution in [3.63, 3.8) is 0 Å². The van der Waals surface area contributed by atoms with Crippen molar-refractivity contribution in [3.05, 3.63) is 0 Å². The van der Waals surface area contributed by atoms with Gasteiger partial charge >= 0.3 is 17.9 Å². The first kappa shape index (κ1) is 54.4. The summed E-state index contributed by atoms with van der Waals surface area (Å²) in [5.41, 5.74) is 0. The van der Waals surface area contributed by atoms with Gasteiger partial charge in [0.05, 0.1) is 0 Å². The van der Waals surface area contributed by atoms with Crippen LogP contribution in [0, 0.1) is 5.92 Å². The molecule has 56 heavy (non-hydrogen) atoms. The Labute approximate surface area is 348 Å². The van der Waals surface area contributed by atoms with E-state index in [0.717, 1.165) is 63.7 Å². The maximum atomic E-state index is 12.7. The summed E-state index contributed by atoms with van der Waals surface area (Å²) in [6, 6.07) is 0. The molecule has 0 amide bonds. The lowest BCUT2D eigenvalue weighted by molar-refractivity contribution is -0.167.